The summed E-state index contributed by atoms with van der Waals surface area (Å²) >= 11 is 0. The molecule has 0 aromatic carbocycles. The molecule has 0 saturated heterocycles. The minimum absolute atomic E-state index is 0.235. The molecular weight excluding hydrogens is 172 g/mol. The Kier molecular flexibility index (Phi) is 5.68. The lowest BCUT2D eigenvalue weighted by Gasteiger charge is -2.36. The van der Waals surface area contributed by atoms with E-state index in [1.807, 2.05) is 0 Å². The lowest BCUT2D eigenvalue weighted by Crippen LogP contribution is -2.44. The van der Waals surface area contributed by atoms with Gasteiger partial charge in [0.15, 0.2) is 0 Å². The topological polar surface area (TPSA) is 29.3 Å². The van der Waals surface area contributed by atoms with E-state index in [1.54, 1.807) is 0 Å². The van der Waals surface area contributed by atoms with Crippen LogP contribution in [0, 0.1) is 11.3 Å². The quantitative estimate of drug-likeness (QED) is 0.713. The molecule has 0 aliphatic rings. The van der Waals surface area contributed by atoms with Crippen molar-refractivity contribution in [3.05, 3.63) is 0 Å². The Bertz CT molecular complexity index is 152. The average Bonchev–Trinajstić information content (AvgIpc) is 2.13. The molecular formula is C12H28N2. The normalized spacial score (nSPS) is 15.2. The SMILES string of the molecule is CCN(CC(C)(C)CN)C(C)C(C)C. The molecule has 0 rings (SSSR count). The van der Waals surface area contributed by atoms with Gasteiger partial charge in [-0.2, -0.15) is 0 Å². The van der Waals surface area contributed by atoms with Gasteiger partial charge in [-0.05, 0) is 31.3 Å². The fraction of sp³-hybridized carbons (Fsp3) is 1.00. The fourth-order valence-corrected chi connectivity index (χ4v) is 1.58. The highest BCUT2D eigenvalue weighted by atomic mass is 15.2. The fourth-order valence-electron chi connectivity index (χ4n) is 1.58. The molecule has 0 aromatic rings. The van der Waals surface area contributed by atoms with Crippen molar-refractivity contribution in [2.45, 2.75) is 47.6 Å². The Morgan fingerprint density at radius 3 is 2.00 bits per heavy atom. The Hall–Kier alpha value is -0.0800. The summed E-state index contributed by atoms with van der Waals surface area (Å²) in [5.41, 5.74) is 5.99. The van der Waals surface area contributed by atoms with Crippen molar-refractivity contribution < 1.29 is 0 Å². The third kappa shape index (κ3) is 4.43. The highest BCUT2D eigenvalue weighted by Crippen LogP contribution is 2.19. The molecule has 0 spiro atoms. The molecule has 0 amide bonds. The van der Waals surface area contributed by atoms with E-state index in [4.69, 9.17) is 5.73 Å². The first-order valence-corrected chi connectivity index (χ1v) is 5.78. The summed E-state index contributed by atoms with van der Waals surface area (Å²) in [7, 11) is 0. The van der Waals surface area contributed by atoms with E-state index in [1.165, 1.54) is 0 Å². The summed E-state index contributed by atoms with van der Waals surface area (Å²) in [6.07, 6.45) is 0. The van der Waals surface area contributed by atoms with Gasteiger partial charge in [0.1, 0.15) is 0 Å². The molecule has 0 fully saturated rings. The molecule has 1 atom stereocenters. The zero-order chi connectivity index (χ0) is 11.4. The van der Waals surface area contributed by atoms with Crippen LogP contribution in [0.15, 0.2) is 0 Å². The zero-order valence-corrected chi connectivity index (χ0v) is 10.8. The van der Waals surface area contributed by atoms with E-state index in [2.05, 4.69) is 46.4 Å². The van der Waals surface area contributed by atoms with Crippen molar-refractivity contribution in [3.63, 3.8) is 0 Å². The minimum Gasteiger partial charge on any atom is -0.330 e. The summed E-state index contributed by atoms with van der Waals surface area (Å²) in [4.78, 5) is 2.53. The second-order valence-electron chi connectivity index (χ2n) is 5.42. The predicted molar refractivity (Wildman–Crippen MR) is 64.4 cm³/mol. The predicted octanol–water partition coefficient (Wildman–Crippen LogP) is 2.34. The second kappa shape index (κ2) is 5.72. The maximum absolute atomic E-state index is 5.76. The number of nitrogens with zero attached hydrogens (tertiary/aromatic N) is 1. The Balaban J connectivity index is 4.29. The standard InChI is InChI=1S/C12H28N2/c1-7-14(11(4)10(2)3)9-12(5,6)8-13/h10-11H,7-9,13H2,1-6H3. The monoisotopic (exact) mass is 200 g/mol. The van der Waals surface area contributed by atoms with Crippen LogP contribution in [0.4, 0.5) is 0 Å². The van der Waals surface area contributed by atoms with Gasteiger partial charge in [-0.1, -0.05) is 34.6 Å². The number of hydrogen-bond donors (Lipinski definition) is 1. The van der Waals surface area contributed by atoms with Gasteiger partial charge in [0, 0.05) is 12.6 Å². The van der Waals surface area contributed by atoms with Crippen LogP contribution in [0.3, 0.4) is 0 Å². The van der Waals surface area contributed by atoms with Gasteiger partial charge in [0.05, 0.1) is 0 Å². The second-order valence-corrected chi connectivity index (χ2v) is 5.42. The maximum atomic E-state index is 5.76. The molecule has 2 N–H and O–H groups in total. The molecule has 0 saturated carbocycles. The molecule has 1 unspecified atom stereocenters. The van der Waals surface area contributed by atoms with Crippen LogP contribution in [0.25, 0.3) is 0 Å². The van der Waals surface area contributed by atoms with Crippen molar-refractivity contribution >= 4 is 0 Å². The van der Waals surface area contributed by atoms with Gasteiger partial charge < -0.3 is 10.6 Å². The van der Waals surface area contributed by atoms with Crippen molar-refractivity contribution in [2.24, 2.45) is 17.1 Å². The number of hydrogen-bond acceptors (Lipinski definition) is 2. The van der Waals surface area contributed by atoms with Gasteiger partial charge >= 0.3 is 0 Å². The van der Waals surface area contributed by atoms with E-state index in [9.17, 15) is 0 Å². The van der Waals surface area contributed by atoms with Gasteiger partial charge in [-0.3, -0.25) is 0 Å². The van der Waals surface area contributed by atoms with Crippen molar-refractivity contribution in [2.75, 3.05) is 19.6 Å². The first kappa shape index (κ1) is 13.9. The van der Waals surface area contributed by atoms with Gasteiger partial charge in [-0.15, -0.1) is 0 Å². The lowest BCUT2D eigenvalue weighted by atomic mass is 9.91. The third-order valence-corrected chi connectivity index (χ3v) is 3.13. The molecule has 14 heavy (non-hydrogen) atoms. The van der Waals surface area contributed by atoms with Crippen molar-refractivity contribution in [1.82, 2.24) is 4.90 Å². The molecule has 0 aliphatic carbocycles. The molecule has 86 valence electrons. The molecule has 0 aliphatic heterocycles. The Morgan fingerprint density at radius 1 is 1.21 bits per heavy atom. The molecule has 2 nitrogen and oxygen atoms in total. The first-order valence-electron chi connectivity index (χ1n) is 5.78. The van der Waals surface area contributed by atoms with Crippen LogP contribution >= 0.6 is 0 Å². The highest BCUT2D eigenvalue weighted by Gasteiger charge is 2.23. The van der Waals surface area contributed by atoms with Crippen LogP contribution in [-0.4, -0.2) is 30.6 Å². The highest BCUT2D eigenvalue weighted by molar-refractivity contribution is 4.78. The van der Waals surface area contributed by atoms with Crippen LogP contribution in [-0.2, 0) is 0 Å². The minimum atomic E-state index is 0.235. The van der Waals surface area contributed by atoms with Gasteiger partial charge in [-0.25, -0.2) is 0 Å². The number of rotatable bonds is 6. The largest absolute Gasteiger partial charge is 0.330 e. The number of nitrogens with two attached hydrogens (primary N) is 1. The maximum Gasteiger partial charge on any atom is 0.00900 e. The van der Waals surface area contributed by atoms with Crippen LogP contribution < -0.4 is 5.73 Å². The van der Waals surface area contributed by atoms with E-state index in [0.29, 0.717) is 12.0 Å². The summed E-state index contributed by atoms with van der Waals surface area (Å²) in [5.74, 6) is 0.712. The van der Waals surface area contributed by atoms with Crippen LogP contribution in [0.2, 0.25) is 0 Å². The summed E-state index contributed by atoms with van der Waals surface area (Å²) < 4.78 is 0. The molecule has 0 aromatic heterocycles. The molecule has 0 heterocycles. The van der Waals surface area contributed by atoms with Crippen molar-refractivity contribution in [1.29, 1.82) is 0 Å². The van der Waals surface area contributed by atoms with E-state index in [0.717, 1.165) is 19.6 Å². The van der Waals surface area contributed by atoms with Gasteiger partial charge in [0.2, 0.25) is 0 Å². The van der Waals surface area contributed by atoms with E-state index >= 15 is 0 Å². The van der Waals surface area contributed by atoms with Gasteiger partial charge in [0.25, 0.3) is 0 Å². The zero-order valence-electron chi connectivity index (χ0n) is 10.8. The first-order chi connectivity index (χ1) is 6.34. The average molecular weight is 200 g/mol. The summed E-state index contributed by atoms with van der Waals surface area (Å²) in [6.45, 7) is 16.5. The molecule has 0 radical (unpaired) electrons. The Morgan fingerprint density at radius 2 is 1.71 bits per heavy atom. The van der Waals surface area contributed by atoms with Crippen LogP contribution in [0.1, 0.15) is 41.5 Å². The lowest BCUT2D eigenvalue weighted by molar-refractivity contribution is 0.121. The smallest absolute Gasteiger partial charge is 0.00900 e. The Labute approximate surface area is 89.9 Å². The third-order valence-electron chi connectivity index (χ3n) is 3.13. The van der Waals surface area contributed by atoms with E-state index < -0.39 is 0 Å². The van der Waals surface area contributed by atoms with Crippen molar-refractivity contribution in [3.8, 4) is 0 Å². The van der Waals surface area contributed by atoms with Crippen LogP contribution in [0.5, 0.6) is 0 Å². The van der Waals surface area contributed by atoms with E-state index in [-0.39, 0.29) is 5.41 Å². The summed E-state index contributed by atoms with van der Waals surface area (Å²) in [6, 6.07) is 0.644. The molecule has 2 heteroatoms. The molecule has 0 bridgehead atoms. The summed E-state index contributed by atoms with van der Waals surface area (Å²) in [5, 5.41) is 0.